The average Bonchev–Trinajstić information content (AvgIpc) is 3.16. The van der Waals surface area contributed by atoms with Gasteiger partial charge in [0.25, 0.3) is 0 Å². The predicted molar refractivity (Wildman–Crippen MR) is 106 cm³/mol. The molecule has 1 atom stereocenters. The van der Waals surface area contributed by atoms with E-state index in [2.05, 4.69) is 5.32 Å². The molecule has 0 aliphatic rings. The summed E-state index contributed by atoms with van der Waals surface area (Å²) in [6, 6.07) is 8.26. The van der Waals surface area contributed by atoms with Crippen LogP contribution in [0.4, 0.5) is 0 Å². The van der Waals surface area contributed by atoms with E-state index in [1.165, 1.54) is 14.2 Å². The molecule has 0 radical (unpaired) electrons. The van der Waals surface area contributed by atoms with E-state index in [-0.39, 0.29) is 22.6 Å². The summed E-state index contributed by atoms with van der Waals surface area (Å²) in [5.41, 5.74) is 0.533. The molecule has 0 saturated heterocycles. The maximum Gasteiger partial charge on any atom is 0.220 e. The molecule has 1 amide bonds. The van der Waals surface area contributed by atoms with E-state index in [1.54, 1.807) is 35.7 Å². The zero-order valence-electron chi connectivity index (χ0n) is 15.9. The molecular formula is C19H25NO5S2. The van der Waals surface area contributed by atoms with Crippen molar-refractivity contribution in [2.24, 2.45) is 5.92 Å². The van der Waals surface area contributed by atoms with Crippen molar-refractivity contribution < 1.29 is 22.7 Å². The van der Waals surface area contributed by atoms with Crippen molar-refractivity contribution in [3.8, 4) is 11.5 Å². The van der Waals surface area contributed by atoms with Crippen LogP contribution in [0.2, 0.25) is 0 Å². The summed E-state index contributed by atoms with van der Waals surface area (Å²) in [7, 11) is -0.660. The van der Waals surface area contributed by atoms with Gasteiger partial charge in [-0.05, 0) is 35.1 Å². The largest absolute Gasteiger partial charge is 0.493 e. The second kappa shape index (κ2) is 9.23. The predicted octanol–water partition coefficient (Wildman–Crippen LogP) is 3.44. The number of hydrogen-bond acceptors (Lipinski definition) is 6. The van der Waals surface area contributed by atoms with Gasteiger partial charge in [0.15, 0.2) is 21.3 Å². The first-order valence-electron chi connectivity index (χ1n) is 8.55. The molecule has 0 unspecified atom stereocenters. The van der Waals surface area contributed by atoms with Gasteiger partial charge in [-0.25, -0.2) is 8.42 Å². The van der Waals surface area contributed by atoms with E-state index < -0.39 is 15.1 Å². The molecule has 2 aromatic rings. The molecule has 2 rings (SSSR count). The number of ether oxygens (including phenoxy) is 2. The summed E-state index contributed by atoms with van der Waals surface area (Å²) in [6.07, 6.45) is 0.345. The van der Waals surface area contributed by atoms with E-state index >= 15 is 0 Å². The lowest BCUT2D eigenvalue weighted by atomic mass is 10.1. The van der Waals surface area contributed by atoms with E-state index in [0.29, 0.717) is 23.5 Å². The normalized spacial score (nSPS) is 12.6. The highest BCUT2D eigenvalue weighted by atomic mass is 32.2. The topological polar surface area (TPSA) is 81.7 Å². The minimum Gasteiger partial charge on any atom is -0.493 e. The number of carbonyl (C=O) groups excluding carboxylic acids is 1. The Morgan fingerprint density at radius 2 is 1.85 bits per heavy atom. The number of rotatable bonds is 9. The van der Waals surface area contributed by atoms with Gasteiger partial charge in [-0.15, -0.1) is 11.3 Å². The number of sulfone groups is 1. The molecule has 0 aliphatic heterocycles. The SMILES string of the molecule is COc1ccc([C@@H](CNC(=O)CC(C)C)S(=O)(=O)c2cccs2)cc1OC. The first-order valence-corrected chi connectivity index (χ1v) is 11.0. The molecule has 27 heavy (non-hydrogen) atoms. The lowest BCUT2D eigenvalue weighted by Crippen LogP contribution is -2.32. The zero-order valence-corrected chi connectivity index (χ0v) is 17.5. The molecule has 1 aromatic heterocycles. The Labute approximate surface area is 164 Å². The van der Waals surface area contributed by atoms with Crippen LogP contribution in [0.5, 0.6) is 11.5 Å². The van der Waals surface area contributed by atoms with Gasteiger partial charge in [-0.3, -0.25) is 4.79 Å². The van der Waals surface area contributed by atoms with Crippen molar-refractivity contribution in [3.05, 3.63) is 41.3 Å². The second-order valence-corrected chi connectivity index (χ2v) is 9.79. The van der Waals surface area contributed by atoms with Crippen LogP contribution in [-0.4, -0.2) is 35.1 Å². The number of methoxy groups -OCH3 is 2. The number of amides is 1. The Kier molecular flexibility index (Phi) is 7.26. The highest BCUT2D eigenvalue weighted by Gasteiger charge is 2.31. The van der Waals surface area contributed by atoms with Crippen molar-refractivity contribution >= 4 is 27.1 Å². The van der Waals surface area contributed by atoms with E-state index in [1.807, 2.05) is 13.8 Å². The third kappa shape index (κ3) is 5.23. The number of carbonyl (C=O) groups is 1. The van der Waals surface area contributed by atoms with Crippen molar-refractivity contribution in [3.63, 3.8) is 0 Å². The molecule has 0 saturated carbocycles. The second-order valence-electron chi connectivity index (χ2n) is 6.48. The minimum absolute atomic E-state index is 0.0126. The quantitative estimate of drug-likeness (QED) is 0.683. The van der Waals surface area contributed by atoms with E-state index in [9.17, 15) is 13.2 Å². The summed E-state index contributed by atoms with van der Waals surface area (Å²) in [5.74, 6) is 0.975. The van der Waals surface area contributed by atoms with E-state index in [0.717, 1.165) is 11.3 Å². The maximum atomic E-state index is 13.2. The smallest absolute Gasteiger partial charge is 0.220 e. The fourth-order valence-corrected chi connectivity index (χ4v) is 5.53. The average molecular weight is 412 g/mol. The van der Waals surface area contributed by atoms with Crippen LogP contribution in [-0.2, 0) is 14.6 Å². The monoisotopic (exact) mass is 411 g/mol. The fourth-order valence-electron chi connectivity index (χ4n) is 2.67. The van der Waals surface area contributed by atoms with Crippen LogP contribution < -0.4 is 14.8 Å². The van der Waals surface area contributed by atoms with Crippen LogP contribution >= 0.6 is 11.3 Å². The Hall–Kier alpha value is -2.06. The molecular weight excluding hydrogens is 386 g/mol. The molecule has 1 heterocycles. The van der Waals surface area contributed by atoms with E-state index in [4.69, 9.17) is 9.47 Å². The number of thiophene rings is 1. The van der Waals surface area contributed by atoms with Crippen molar-refractivity contribution in [1.29, 1.82) is 0 Å². The molecule has 0 aliphatic carbocycles. The summed E-state index contributed by atoms with van der Waals surface area (Å²) in [4.78, 5) is 12.1. The first-order chi connectivity index (χ1) is 12.8. The van der Waals surface area contributed by atoms with Crippen LogP contribution in [0.25, 0.3) is 0 Å². The molecule has 1 N–H and O–H groups in total. The summed E-state index contributed by atoms with van der Waals surface area (Å²) >= 11 is 1.16. The molecule has 0 bridgehead atoms. The van der Waals surface area contributed by atoms with Crippen LogP contribution in [0.15, 0.2) is 39.9 Å². The van der Waals surface area contributed by atoms with Crippen LogP contribution in [0.1, 0.15) is 31.1 Å². The minimum atomic E-state index is -3.67. The molecule has 0 fully saturated rings. The lowest BCUT2D eigenvalue weighted by Gasteiger charge is -2.20. The van der Waals surface area contributed by atoms with Gasteiger partial charge >= 0.3 is 0 Å². The van der Waals surface area contributed by atoms with Gasteiger partial charge in [0.2, 0.25) is 5.91 Å². The van der Waals surface area contributed by atoms with Gasteiger partial charge in [0, 0.05) is 13.0 Å². The Balaban J connectivity index is 2.39. The van der Waals surface area contributed by atoms with Crippen LogP contribution in [0.3, 0.4) is 0 Å². The molecule has 148 valence electrons. The highest BCUT2D eigenvalue weighted by Crippen LogP contribution is 2.36. The van der Waals surface area contributed by atoms with Crippen molar-refractivity contribution in [2.45, 2.75) is 29.7 Å². The Morgan fingerprint density at radius 1 is 1.15 bits per heavy atom. The standard InChI is InChI=1S/C19H25NO5S2/c1-13(2)10-18(21)20-12-17(27(22,23)19-6-5-9-26-19)14-7-8-15(24-3)16(11-14)25-4/h5-9,11,13,17H,10,12H2,1-4H3,(H,20,21)/t17-/m1/s1. The van der Waals surface area contributed by atoms with Gasteiger partial charge in [-0.2, -0.15) is 0 Å². The molecule has 0 spiro atoms. The molecule has 6 nitrogen and oxygen atoms in total. The molecule has 8 heteroatoms. The third-order valence-electron chi connectivity index (χ3n) is 4.01. The van der Waals surface area contributed by atoms with Gasteiger partial charge in [0.05, 0.1) is 14.2 Å². The van der Waals surface area contributed by atoms with Crippen LogP contribution in [0, 0.1) is 5.92 Å². The summed E-state index contributed by atoms with van der Waals surface area (Å²) in [5, 5.41) is 3.56. The Morgan fingerprint density at radius 3 is 2.41 bits per heavy atom. The number of nitrogens with one attached hydrogen (secondary N) is 1. The maximum absolute atomic E-state index is 13.2. The summed E-state index contributed by atoms with van der Waals surface area (Å²) < 4.78 is 37.1. The van der Waals surface area contributed by atoms with Gasteiger partial charge in [0.1, 0.15) is 9.46 Å². The van der Waals surface area contributed by atoms with Gasteiger partial charge < -0.3 is 14.8 Å². The van der Waals surface area contributed by atoms with Crippen molar-refractivity contribution in [1.82, 2.24) is 5.32 Å². The van der Waals surface area contributed by atoms with Gasteiger partial charge in [-0.1, -0.05) is 26.0 Å². The zero-order chi connectivity index (χ0) is 20.0. The highest BCUT2D eigenvalue weighted by molar-refractivity contribution is 7.93. The number of hydrogen-bond donors (Lipinski definition) is 1. The first kappa shape index (κ1) is 21.2. The number of benzene rings is 1. The summed E-state index contributed by atoms with van der Waals surface area (Å²) in [6.45, 7) is 3.86. The Bertz CT molecular complexity index is 860. The molecule has 1 aromatic carbocycles. The third-order valence-corrected chi connectivity index (χ3v) is 7.54. The van der Waals surface area contributed by atoms with Crippen molar-refractivity contribution in [2.75, 3.05) is 20.8 Å². The fraction of sp³-hybridized carbons (Fsp3) is 0.421. The lowest BCUT2D eigenvalue weighted by molar-refractivity contribution is -0.121.